The molecule has 0 atom stereocenters. The van der Waals surface area contributed by atoms with Crippen molar-refractivity contribution < 1.29 is 23.9 Å². The minimum Gasteiger partial charge on any atom is -0.444 e. The Hall–Kier alpha value is -4.35. The molecule has 1 aromatic carbocycles. The van der Waals surface area contributed by atoms with Gasteiger partial charge in [-0.3, -0.25) is 19.6 Å². The Balaban J connectivity index is 1.69. The first-order chi connectivity index (χ1) is 18.2. The van der Waals surface area contributed by atoms with Crippen LogP contribution in [0, 0.1) is 0 Å². The molecular formula is C27H33N7O5. The summed E-state index contributed by atoms with van der Waals surface area (Å²) < 4.78 is 11.0. The largest absolute Gasteiger partial charge is 0.444 e. The van der Waals surface area contributed by atoms with Gasteiger partial charge in [0.05, 0.1) is 11.7 Å². The summed E-state index contributed by atoms with van der Waals surface area (Å²) in [6, 6.07) is 5.28. The summed E-state index contributed by atoms with van der Waals surface area (Å²) in [4.78, 5) is 60.4. The molecule has 12 nitrogen and oxygen atoms in total. The number of fused-ring (bicyclic) bond motifs is 1. The minimum atomic E-state index is -0.698. The average molecular weight is 536 g/mol. The molecule has 206 valence electrons. The lowest BCUT2D eigenvalue weighted by Gasteiger charge is -2.35. The van der Waals surface area contributed by atoms with Crippen LogP contribution in [-0.2, 0) is 14.3 Å². The molecule has 39 heavy (non-hydrogen) atoms. The van der Waals surface area contributed by atoms with Crippen LogP contribution in [0.3, 0.4) is 0 Å². The van der Waals surface area contributed by atoms with E-state index in [1.807, 2.05) is 0 Å². The van der Waals surface area contributed by atoms with Crippen LogP contribution in [0.25, 0.3) is 22.4 Å². The molecule has 1 saturated heterocycles. The highest BCUT2D eigenvalue weighted by Gasteiger charge is 2.31. The number of hydrogen-bond donors (Lipinski definition) is 0. The number of amides is 3. The smallest absolute Gasteiger partial charge is 0.415 e. The van der Waals surface area contributed by atoms with Gasteiger partial charge in [0.1, 0.15) is 29.3 Å². The lowest BCUT2D eigenvalue weighted by Crippen LogP contribution is -2.53. The lowest BCUT2D eigenvalue weighted by atomic mass is 10.1. The van der Waals surface area contributed by atoms with E-state index >= 15 is 0 Å². The van der Waals surface area contributed by atoms with Gasteiger partial charge in [-0.15, -0.1) is 0 Å². The Morgan fingerprint density at radius 1 is 0.974 bits per heavy atom. The molecule has 3 heterocycles. The van der Waals surface area contributed by atoms with E-state index in [1.54, 1.807) is 77.9 Å². The number of nitrogens with zero attached hydrogens (tertiary/aromatic N) is 7. The van der Waals surface area contributed by atoms with Crippen LogP contribution in [-0.4, -0.2) is 80.8 Å². The van der Waals surface area contributed by atoms with E-state index in [9.17, 15) is 14.4 Å². The Kier molecular flexibility index (Phi) is 7.40. The van der Waals surface area contributed by atoms with E-state index in [1.165, 1.54) is 22.2 Å². The van der Waals surface area contributed by atoms with E-state index < -0.39 is 23.4 Å². The fraction of sp³-hybridized carbons (Fsp3) is 0.444. The number of anilines is 2. The molecule has 0 bridgehead atoms. The van der Waals surface area contributed by atoms with Crippen molar-refractivity contribution in [1.82, 2.24) is 24.8 Å². The molecule has 1 aliphatic rings. The first kappa shape index (κ1) is 27.7. The maximum absolute atomic E-state index is 13.1. The van der Waals surface area contributed by atoms with Gasteiger partial charge in [0.15, 0.2) is 5.82 Å². The number of rotatable bonds is 3. The maximum atomic E-state index is 13.1. The fourth-order valence-corrected chi connectivity index (χ4v) is 3.90. The van der Waals surface area contributed by atoms with Gasteiger partial charge in [-0.25, -0.2) is 24.5 Å². The molecule has 1 aliphatic heterocycles. The van der Waals surface area contributed by atoms with E-state index in [0.717, 1.165) is 0 Å². The second-order valence-corrected chi connectivity index (χ2v) is 11.1. The van der Waals surface area contributed by atoms with E-state index in [-0.39, 0.29) is 24.8 Å². The van der Waals surface area contributed by atoms with E-state index in [4.69, 9.17) is 9.47 Å². The number of carbonyl (C=O) groups is 3. The summed E-state index contributed by atoms with van der Waals surface area (Å²) in [7, 11) is 1.57. The SMILES string of the molecule is CN(C(=O)OC(C)(C)C)c1nc(-c2cnccn2)nc2cc(N3CCN(C(=O)OC(C)(C)C)CC3=O)ccc12. The zero-order chi connectivity index (χ0) is 28.5. The molecule has 1 fully saturated rings. The molecule has 0 spiro atoms. The van der Waals surface area contributed by atoms with Gasteiger partial charge in [-0.1, -0.05) is 0 Å². The highest BCUT2D eigenvalue weighted by molar-refractivity contribution is 6.02. The highest BCUT2D eigenvalue weighted by Crippen LogP contribution is 2.31. The molecular weight excluding hydrogens is 502 g/mol. The number of hydrogen-bond acceptors (Lipinski definition) is 9. The molecule has 0 N–H and O–H groups in total. The highest BCUT2D eigenvalue weighted by atomic mass is 16.6. The summed E-state index contributed by atoms with van der Waals surface area (Å²) in [5.41, 5.74) is 0.171. The van der Waals surface area contributed by atoms with Crippen molar-refractivity contribution in [1.29, 1.82) is 0 Å². The van der Waals surface area contributed by atoms with Crippen LogP contribution >= 0.6 is 0 Å². The predicted octanol–water partition coefficient (Wildman–Crippen LogP) is 4.04. The summed E-state index contributed by atoms with van der Waals surface area (Å²) in [5, 5.41) is 0.583. The average Bonchev–Trinajstić information content (AvgIpc) is 2.85. The maximum Gasteiger partial charge on any atom is 0.415 e. The third-order valence-corrected chi connectivity index (χ3v) is 5.62. The first-order valence-electron chi connectivity index (χ1n) is 12.5. The van der Waals surface area contributed by atoms with Gasteiger partial charge >= 0.3 is 12.2 Å². The van der Waals surface area contributed by atoms with Crippen molar-refractivity contribution in [3.05, 3.63) is 36.8 Å². The number of carbonyl (C=O) groups excluding carboxylic acids is 3. The second kappa shape index (κ2) is 10.4. The van der Waals surface area contributed by atoms with Gasteiger partial charge < -0.3 is 14.4 Å². The monoisotopic (exact) mass is 535 g/mol. The van der Waals surface area contributed by atoms with Crippen molar-refractivity contribution in [3.8, 4) is 11.5 Å². The van der Waals surface area contributed by atoms with Crippen molar-refractivity contribution >= 4 is 40.5 Å². The third-order valence-electron chi connectivity index (χ3n) is 5.62. The molecule has 3 amide bonds. The minimum absolute atomic E-state index is 0.103. The van der Waals surface area contributed by atoms with Crippen molar-refractivity contribution in [2.24, 2.45) is 0 Å². The quantitative estimate of drug-likeness (QED) is 0.487. The molecule has 0 aliphatic carbocycles. The van der Waals surface area contributed by atoms with Gasteiger partial charge in [-0.05, 0) is 59.7 Å². The van der Waals surface area contributed by atoms with Crippen LogP contribution in [0.1, 0.15) is 41.5 Å². The molecule has 2 aromatic heterocycles. The Labute approximate surface area is 227 Å². The Bertz CT molecular complexity index is 1400. The number of piperazine rings is 1. The zero-order valence-electron chi connectivity index (χ0n) is 23.3. The van der Waals surface area contributed by atoms with Crippen LogP contribution in [0.4, 0.5) is 21.1 Å². The number of aromatic nitrogens is 4. The second-order valence-electron chi connectivity index (χ2n) is 11.1. The standard InChI is InChI=1S/C27H33N7O5/c1-26(2,3)38-24(36)32(7)23-18-9-8-17(14-19(18)30-22(31-23)20-15-28-10-11-29-20)34-13-12-33(16-21(34)35)25(37)39-27(4,5)6/h8-11,14-15H,12-13,16H2,1-7H3. The predicted molar refractivity (Wildman–Crippen MR) is 145 cm³/mol. The van der Waals surface area contributed by atoms with Gasteiger partial charge in [0, 0.05) is 43.6 Å². The molecule has 0 radical (unpaired) electrons. The summed E-state index contributed by atoms with van der Waals surface area (Å²) in [6.07, 6.45) is 3.50. The molecule has 0 saturated carbocycles. The van der Waals surface area contributed by atoms with Crippen LogP contribution in [0.5, 0.6) is 0 Å². The lowest BCUT2D eigenvalue weighted by molar-refractivity contribution is -0.121. The summed E-state index contributed by atoms with van der Waals surface area (Å²) in [6.45, 7) is 11.2. The zero-order valence-corrected chi connectivity index (χ0v) is 23.3. The van der Waals surface area contributed by atoms with E-state index in [0.29, 0.717) is 34.6 Å². The normalized spacial score (nSPS) is 14.4. The molecule has 3 aromatic rings. The summed E-state index contributed by atoms with van der Waals surface area (Å²) >= 11 is 0. The van der Waals surface area contributed by atoms with Crippen LogP contribution < -0.4 is 9.80 Å². The Morgan fingerprint density at radius 3 is 2.31 bits per heavy atom. The molecule has 0 unspecified atom stereocenters. The third kappa shape index (κ3) is 6.57. The van der Waals surface area contributed by atoms with Crippen molar-refractivity contribution in [3.63, 3.8) is 0 Å². The molecule has 12 heteroatoms. The molecule has 4 rings (SSSR count). The van der Waals surface area contributed by atoms with Gasteiger partial charge in [0.2, 0.25) is 5.91 Å². The number of ether oxygens (including phenoxy) is 2. The first-order valence-corrected chi connectivity index (χ1v) is 12.5. The van der Waals surface area contributed by atoms with Gasteiger partial charge in [-0.2, -0.15) is 0 Å². The fourth-order valence-electron chi connectivity index (χ4n) is 3.90. The van der Waals surface area contributed by atoms with E-state index in [2.05, 4.69) is 19.9 Å². The van der Waals surface area contributed by atoms with Crippen molar-refractivity contribution in [2.45, 2.75) is 52.7 Å². The van der Waals surface area contributed by atoms with Gasteiger partial charge in [0.25, 0.3) is 0 Å². The number of benzene rings is 1. The van der Waals surface area contributed by atoms with Crippen LogP contribution in [0.2, 0.25) is 0 Å². The van der Waals surface area contributed by atoms with Crippen LogP contribution in [0.15, 0.2) is 36.8 Å². The van der Waals surface area contributed by atoms with Crippen molar-refractivity contribution in [2.75, 3.05) is 36.5 Å². The Morgan fingerprint density at radius 2 is 1.69 bits per heavy atom. The summed E-state index contributed by atoms with van der Waals surface area (Å²) in [5.74, 6) is 0.336. The topological polar surface area (TPSA) is 131 Å².